The Balaban J connectivity index is 2.32. The monoisotopic (exact) mass is 310 g/mol. The molecule has 1 aliphatic heterocycles. The van der Waals surface area contributed by atoms with Gasteiger partial charge < -0.3 is 10.2 Å². The molecular weight excluding hydrogens is 288 g/mol. The number of piperidine rings is 1. The second-order valence-corrected chi connectivity index (χ2v) is 7.53. The van der Waals surface area contributed by atoms with E-state index in [0.29, 0.717) is 13.1 Å². The minimum atomic E-state index is -3.39. The molecule has 21 heavy (non-hydrogen) atoms. The van der Waals surface area contributed by atoms with Crippen LogP contribution in [-0.2, 0) is 9.84 Å². The number of nitrogens with zero attached hydrogens (tertiary/aromatic N) is 1. The molecule has 2 rings (SSSR count). The highest BCUT2D eigenvalue weighted by Crippen LogP contribution is 2.21. The van der Waals surface area contributed by atoms with Crippen molar-refractivity contribution in [3.63, 3.8) is 0 Å². The Hall–Kier alpha value is -1.40. The van der Waals surface area contributed by atoms with Crippen molar-refractivity contribution >= 4 is 15.7 Å². The highest BCUT2D eigenvalue weighted by atomic mass is 32.2. The van der Waals surface area contributed by atoms with Crippen molar-refractivity contribution in [3.05, 3.63) is 29.8 Å². The Labute approximate surface area is 126 Å². The number of nitrogens with one attached hydrogen (secondary N) is 1. The van der Waals surface area contributed by atoms with Crippen LogP contribution < -0.4 is 5.32 Å². The second kappa shape index (κ2) is 6.58. The zero-order valence-corrected chi connectivity index (χ0v) is 13.3. The summed E-state index contributed by atoms with van der Waals surface area (Å²) in [7, 11) is -1.51. The van der Waals surface area contributed by atoms with Gasteiger partial charge in [-0.15, -0.1) is 0 Å². The van der Waals surface area contributed by atoms with E-state index in [2.05, 4.69) is 5.32 Å². The normalized spacial score (nSPS) is 19.5. The third kappa shape index (κ3) is 3.44. The molecule has 5 nitrogen and oxygen atoms in total. The van der Waals surface area contributed by atoms with Crippen molar-refractivity contribution < 1.29 is 13.2 Å². The summed E-state index contributed by atoms with van der Waals surface area (Å²) in [6, 6.07) is 6.77. The molecule has 1 saturated heterocycles. The number of carbonyl (C=O) groups excluding carboxylic acids is 1. The molecule has 0 unspecified atom stereocenters. The van der Waals surface area contributed by atoms with Crippen LogP contribution in [0.25, 0.3) is 0 Å². The first-order valence-electron chi connectivity index (χ1n) is 7.28. The van der Waals surface area contributed by atoms with Crippen LogP contribution in [0.4, 0.5) is 0 Å². The molecule has 0 bridgehead atoms. The summed E-state index contributed by atoms with van der Waals surface area (Å²) in [5.41, 5.74) is 0.288. The lowest BCUT2D eigenvalue weighted by atomic mass is 10.0. The first-order chi connectivity index (χ1) is 9.99. The number of amides is 1. The molecule has 116 valence electrons. The average molecular weight is 310 g/mol. The summed E-state index contributed by atoms with van der Waals surface area (Å²) < 4.78 is 24.3. The van der Waals surface area contributed by atoms with Gasteiger partial charge in [0.1, 0.15) is 0 Å². The number of likely N-dealkylation sites (N-methyl/N-ethyl adjacent to an activating group) is 1. The fraction of sp³-hybridized carbons (Fsp3) is 0.533. The minimum absolute atomic E-state index is 0.00354. The molecule has 1 aliphatic rings. The predicted molar refractivity (Wildman–Crippen MR) is 82.2 cm³/mol. The SMILES string of the molecule is CCS(=O)(=O)c1ccccc1C(=O)N1CCC[C@@H](NC)C1. The van der Waals surface area contributed by atoms with Crippen LogP contribution in [0.5, 0.6) is 0 Å². The Kier molecular flexibility index (Phi) is 5.00. The number of likely N-dealkylation sites (tertiary alicyclic amines) is 1. The van der Waals surface area contributed by atoms with E-state index in [1.54, 1.807) is 30.0 Å². The summed E-state index contributed by atoms with van der Waals surface area (Å²) >= 11 is 0. The van der Waals surface area contributed by atoms with Crippen LogP contribution in [0.2, 0.25) is 0 Å². The van der Waals surface area contributed by atoms with E-state index in [4.69, 9.17) is 0 Å². The molecule has 1 amide bonds. The molecule has 6 heteroatoms. The largest absolute Gasteiger partial charge is 0.337 e. The average Bonchev–Trinajstić information content (AvgIpc) is 2.54. The molecule has 0 aliphatic carbocycles. The van der Waals surface area contributed by atoms with Gasteiger partial charge in [0.15, 0.2) is 9.84 Å². The Morgan fingerprint density at radius 3 is 2.76 bits per heavy atom. The van der Waals surface area contributed by atoms with E-state index in [9.17, 15) is 13.2 Å². The molecule has 1 atom stereocenters. The fourth-order valence-electron chi connectivity index (χ4n) is 2.64. The van der Waals surface area contributed by atoms with Gasteiger partial charge >= 0.3 is 0 Å². The van der Waals surface area contributed by atoms with Crippen molar-refractivity contribution in [1.82, 2.24) is 10.2 Å². The summed E-state index contributed by atoms with van der Waals surface area (Å²) in [5, 5.41) is 3.18. The lowest BCUT2D eigenvalue weighted by molar-refractivity contribution is 0.0694. The zero-order valence-electron chi connectivity index (χ0n) is 12.5. The van der Waals surface area contributed by atoms with Crippen LogP contribution in [0, 0.1) is 0 Å². The Bertz CT molecular complexity index is 613. The number of rotatable bonds is 4. The highest BCUT2D eigenvalue weighted by Gasteiger charge is 2.27. The zero-order chi connectivity index (χ0) is 15.5. The lowest BCUT2D eigenvalue weighted by Crippen LogP contribution is -2.47. The smallest absolute Gasteiger partial charge is 0.255 e. The molecule has 0 spiro atoms. The Morgan fingerprint density at radius 2 is 2.10 bits per heavy atom. The minimum Gasteiger partial charge on any atom is -0.337 e. The highest BCUT2D eigenvalue weighted by molar-refractivity contribution is 7.91. The Morgan fingerprint density at radius 1 is 1.38 bits per heavy atom. The molecule has 1 aromatic rings. The van der Waals surface area contributed by atoms with Gasteiger partial charge in [0.05, 0.1) is 16.2 Å². The first-order valence-corrected chi connectivity index (χ1v) is 8.93. The maximum Gasteiger partial charge on any atom is 0.255 e. The number of sulfone groups is 1. The van der Waals surface area contributed by atoms with Gasteiger partial charge in [-0.2, -0.15) is 0 Å². The van der Waals surface area contributed by atoms with Crippen LogP contribution in [-0.4, -0.2) is 51.2 Å². The number of carbonyl (C=O) groups is 1. The summed E-state index contributed by atoms with van der Waals surface area (Å²) in [5.74, 6) is -0.196. The first kappa shape index (κ1) is 16.0. The molecule has 0 saturated carbocycles. The summed E-state index contributed by atoms with van der Waals surface area (Å²) in [6.07, 6.45) is 1.97. The van der Waals surface area contributed by atoms with Gasteiger partial charge in [0.2, 0.25) is 0 Å². The van der Waals surface area contributed by atoms with Crippen LogP contribution in [0.1, 0.15) is 30.1 Å². The molecule has 0 radical (unpaired) electrons. The van der Waals surface area contributed by atoms with Crippen LogP contribution in [0.3, 0.4) is 0 Å². The third-order valence-corrected chi connectivity index (χ3v) is 5.74. The number of benzene rings is 1. The summed E-state index contributed by atoms with van der Waals surface area (Å²) in [4.78, 5) is 14.6. The van der Waals surface area contributed by atoms with Gasteiger partial charge in [0.25, 0.3) is 5.91 Å². The van der Waals surface area contributed by atoms with Gasteiger partial charge in [-0.25, -0.2) is 8.42 Å². The number of hydrogen-bond acceptors (Lipinski definition) is 4. The van der Waals surface area contributed by atoms with Crippen LogP contribution in [0.15, 0.2) is 29.2 Å². The maximum atomic E-state index is 12.7. The molecule has 1 heterocycles. The molecule has 1 fully saturated rings. The van der Waals surface area contributed by atoms with E-state index in [1.165, 1.54) is 6.07 Å². The second-order valence-electron chi connectivity index (χ2n) is 5.28. The van der Waals surface area contributed by atoms with E-state index >= 15 is 0 Å². The molecule has 1 aromatic carbocycles. The lowest BCUT2D eigenvalue weighted by Gasteiger charge is -2.33. The van der Waals surface area contributed by atoms with Gasteiger partial charge in [0, 0.05) is 19.1 Å². The molecule has 0 aromatic heterocycles. The van der Waals surface area contributed by atoms with Gasteiger partial charge in [-0.3, -0.25) is 4.79 Å². The molecular formula is C15H22N2O3S. The standard InChI is InChI=1S/C15H22N2O3S/c1-3-21(19,20)14-9-5-4-8-13(14)15(18)17-10-6-7-12(11-17)16-2/h4-5,8-9,12,16H,3,6-7,10-11H2,1-2H3/t12-/m1/s1. The van der Waals surface area contributed by atoms with Gasteiger partial charge in [-0.05, 0) is 32.0 Å². The van der Waals surface area contributed by atoms with Crippen molar-refractivity contribution in [2.75, 3.05) is 25.9 Å². The number of hydrogen-bond donors (Lipinski definition) is 1. The van der Waals surface area contributed by atoms with E-state index < -0.39 is 9.84 Å². The van der Waals surface area contributed by atoms with Crippen LogP contribution >= 0.6 is 0 Å². The van der Waals surface area contributed by atoms with E-state index in [0.717, 1.165) is 12.8 Å². The van der Waals surface area contributed by atoms with Crippen molar-refractivity contribution in [2.45, 2.75) is 30.7 Å². The van der Waals surface area contributed by atoms with Gasteiger partial charge in [-0.1, -0.05) is 19.1 Å². The maximum absolute atomic E-state index is 12.7. The van der Waals surface area contributed by atoms with E-state index in [1.807, 2.05) is 7.05 Å². The van der Waals surface area contributed by atoms with E-state index in [-0.39, 0.29) is 28.2 Å². The quantitative estimate of drug-likeness (QED) is 0.910. The fourth-order valence-corrected chi connectivity index (χ4v) is 3.72. The third-order valence-electron chi connectivity index (χ3n) is 3.95. The van der Waals surface area contributed by atoms with Crippen molar-refractivity contribution in [1.29, 1.82) is 0 Å². The van der Waals surface area contributed by atoms with Crippen molar-refractivity contribution in [2.24, 2.45) is 0 Å². The molecule has 1 N–H and O–H groups in total. The predicted octanol–water partition coefficient (Wildman–Crippen LogP) is 1.30. The topological polar surface area (TPSA) is 66.5 Å². The summed E-state index contributed by atoms with van der Waals surface area (Å²) in [6.45, 7) is 2.89. The van der Waals surface area contributed by atoms with Crippen molar-refractivity contribution in [3.8, 4) is 0 Å².